The molecule has 0 bridgehead atoms. The van der Waals surface area contributed by atoms with Gasteiger partial charge in [-0.15, -0.1) is 23.7 Å². The van der Waals surface area contributed by atoms with Crippen LogP contribution in [0.25, 0.3) is 0 Å². The molecule has 1 aromatic carbocycles. The Labute approximate surface area is 160 Å². The van der Waals surface area contributed by atoms with E-state index in [4.69, 9.17) is 4.74 Å². The Kier molecular flexibility index (Phi) is 8.24. The number of thiophene rings is 1. The zero-order chi connectivity index (χ0) is 16.8. The normalized spacial score (nSPS) is 17.0. The molecular formula is C20H28ClNO2S. The third-order valence-corrected chi connectivity index (χ3v) is 5.68. The number of hydrogen-bond acceptors (Lipinski definition) is 4. The van der Waals surface area contributed by atoms with E-state index in [1.165, 1.54) is 36.1 Å². The van der Waals surface area contributed by atoms with Crippen molar-refractivity contribution in [2.45, 2.75) is 44.8 Å². The minimum absolute atomic E-state index is 0. The minimum Gasteiger partial charge on any atom is -0.491 e. The van der Waals surface area contributed by atoms with E-state index in [-0.39, 0.29) is 12.4 Å². The van der Waals surface area contributed by atoms with Crippen molar-refractivity contribution in [2.24, 2.45) is 5.92 Å². The van der Waals surface area contributed by atoms with Crippen LogP contribution in [-0.2, 0) is 0 Å². The van der Waals surface area contributed by atoms with Crippen LogP contribution in [0.15, 0.2) is 41.8 Å². The lowest BCUT2D eigenvalue weighted by atomic mass is 9.96. The predicted octanol–water partition coefficient (Wildman–Crippen LogP) is 4.74. The highest BCUT2D eigenvalue weighted by Crippen LogP contribution is 2.37. The molecule has 0 saturated heterocycles. The first kappa shape index (κ1) is 20.2. The highest BCUT2D eigenvalue weighted by atomic mass is 35.5. The van der Waals surface area contributed by atoms with Gasteiger partial charge in [-0.3, -0.25) is 0 Å². The Morgan fingerprint density at radius 2 is 2.04 bits per heavy atom. The zero-order valence-electron chi connectivity index (χ0n) is 14.7. The largest absolute Gasteiger partial charge is 0.491 e. The molecule has 5 heteroatoms. The molecule has 0 amide bonds. The fourth-order valence-electron chi connectivity index (χ4n) is 3.48. The average molecular weight is 382 g/mol. The number of halogens is 1. The molecule has 138 valence electrons. The van der Waals surface area contributed by atoms with Crippen molar-refractivity contribution in [2.75, 3.05) is 13.2 Å². The molecule has 0 aliphatic heterocycles. The minimum atomic E-state index is -0.505. The van der Waals surface area contributed by atoms with Crippen molar-refractivity contribution in [1.29, 1.82) is 0 Å². The fourth-order valence-corrected chi connectivity index (χ4v) is 4.37. The monoisotopic (exact) mass is 381 g/mol. The van der Waals surface area contributed by atoms with Crippen LogP contribution in [0.4, 0.5) is 0 Å². The molecule has 2 atom stereocenters. The van der Waals surface area contributed by atoms with Gasteiger partial charge in [0.2, 0.25) is 0 Å². The van der Waals surface area contributed by atoms with E-state index < -0.39 is 6.10 Å². The third kappa shape index (κ3) is 6.00. The molecule has 25 heavy (non-hydrogen) atoms. The van der Waals surface area contributed by atoms with Gasteiger partial charge < -0.3 is 15.2 Å². The SMILES string of the molecule is Cc1cccc(OCC(O)CNC(c2cccs2)C2CCCC2)c1.Cl. The molecule has 1 aliphatic carbocycles. The summed E-state index contributed by atoms with van der Waals surface area (Å²) >= 11 is 1.81. The number of nitrogens with one attached hydrogen (secondary N) is 1. The number of aliphatic hydroxyl groups is 1. The van der Waals surface area contributed by atoms with E-state index in [9.17, 15) is 5.11 Å². The molecule has 1 saturated carbocycles. The Hall–Kier alpha value is -1.07. The lowest BCUT2D eigenvalue weighted by Gasteiger charge is -2.25. The maximum Gasteiger partial charge on any atom is 0.119 e. The quantitative estimate of drug-likeness (QED) is 0.693. The smallest absolute Gasteiger partial charge is 0.119 e. The molecule has 2 aromatic rings. The van der Waals surface area contributed by atoms with Gasteiger partial charge in [0.15, 0.2) is 0 Å². The van der Waals surface area contributed by atoms with Gasteiger partial charge in [0, 0.05) is 17.5 Å². The highest BCUT2D eigenvalue weighted by Gasteiger charge is 2.27. The van der Waals surface area contributed by atoms with Gasteiger partial charge in [0.05, 0.1) is 0 Å². The lowest BCUT2D eigenvalue weighted by molar-refractivity contribution is 0.101. The van der Waals surface area contributed by atoms with Crippen LogP contribution in [-0.4, -0.2) is 24.4 Å². The van der Waals surface area contributed by atoms with Crippen LogP contribution in [0.1, 0.15) is 42.2 Å². The summed E-state index contributed by atoms with van der Waals surface area (Å²) in [5.41, 5.74) is 1.17. The van der Waals surface area contributed by atoms with Crippen LogP contribution in [0.3, 0.4) is 0 Å². The van der Waals surface area contributed by atoms with Crippen molar-refractivity contribution in [1.82, 2.24) is 5.32 Å². The Bertz CT molecular complexity index is 614. The number of aryl methyl sites for hydroxylation is 1. The van der Waals surface area contributed by atoms with Gasteiger partial charge >= 0.3 is 0 Å². The standard InChI is InChI=1S/C20H27NO2S.ClH/c1-15-6-4-9-18(12-15)23-14-17(22)13-21-20(16-7-2-3-8-16)19-10-5-11-24-19;/h4-6,9-12,16-17,20-22H,2-3,7-8,13-14H2,1H3;1H. The van der Waals surface area contributed by atoms with E-state index >= 15 is 0 Å². The van der Waals surface area contributed by atoms with Gasteiger partial charge in [-0.1, -0.05) is 31.0 Å². The molecule has 0 spiro atoms. The van der Waals surface area contributed by atoms with Crippen LogP contribution < -0.4 is 10.1 Å². The predicted molar refractivity (Wildman–Crippen MR) is 107 cm³/mol. The molecular weight excluding hydrogens is 354 g/mol. The summed E-state index contributed by atoms with van der Waals surface area (Å²) in [4.78, 5) is 1.38. The lowest BCUT2D eigenvalue weighted by Crippen LogP contribution is -2.36. The summed E-state index contributed by atoms with van der Waals surface area (Å²) < 4.78 is 5.71. The second-order valence-electron chi connectivity index (χ2n) is 6.73. The summed E-state index contributed by atoms with van der Waals surface area (Å²) in [6.07, 6.45) is 4.71. The van der Waals surface area contributed by atoms with Crippen LogP contribution >= 0.6 is 23.7 Å². The number of rotatable bonds is 8. The van der Waals surface area contributed by atoms with E-state index in [2.05, 4.69) is 22.8 Å². The van der Waals surface area contributed by atoms with Crippen molar-refractivity contribution in [3.05, 3.63) is 52.2 Å². The van der Waals surface area contributed by atoms with Gasteiger partial charge in [-0.2, -0.15) is 0 Å². The molecule has 1 fully saturated rings. The second-order valence-corrected chi connectivity index (χ2v) is 7.71. The number of ether oxygens (including phenoxy) is 1. The zero-order valence-corrected chi connectivity index (χ0v) is 16.3. The van der Waals surface area contributed by atoms with Crippen LogP contribution in [0.2, 0.25) is 0 Å². The summed E-state index contributed by atoms with van der Waals surface area (Å²) in [5, 5.41) is 16.0. The van der Waals surface area contributed by atoms with Gasteiger partial charge in [-0.05, 0) is 54.8 Å². The van der Waals surface area contributed by atoms with Crippen molar-refractivity contribution >= 4 is 23.7 Å². The van der Waals surface area contributed by atoms with E-state index in [1.807, 2.05) is 31.2 Å². The number of benzene rings is 1. The van der Waals surface area contributed by atoms with Crippen molar-refractivity contribution in [3.63, 3.8) is 0 Å². The van der Waals surface area contributed by atoms with Crippen LogP contribution in [0, 0.1) is 12.8 Å². The highest BCUT2D eigenvalue weighted by molar-refractivity contribution is 7.10. The molecule has 3 nitrogen and oxygen atoms in total. The van der Waals surface area contributed by atoms with E-state index in [0.717, 1.165) is 5.75 Å². The van der Waals surface area contributed by atoms with E-state index in [1.54, 1.807) is 11.3 Å². The van der Waals surface area contributed by atoms with Gasteiger partial charge in [0.25, 0.3) is 0 Å². The fraction of sp³-hybridized carbons (Fsp3) is 0.500. The Morgan fingerprint density at radius 1 is 1.24 bits per heavy atom. The van der Waals surface area contributed by atoms with Gasteiger partial charge in [-0.25, -0.2) is 0 Å². The topological polar surface area (TPSA) is 41.5 Å². The average Bonchev–Trinajstić information content (AvgIpc) is 3.27. The third-order valence-electron chi connectivity index (χ3n) is 4.73. The van der Waals surface area contributed by atoms with E-state index in [0.29, 0.717) is 25.1 Å². The van der Waals surface area contributed by atoms with Gasteiger partial charge in [0.1, 0.15) is 18.5 Å². The first-order chi connectivity index (χ1) is 11.7. The molecule has 3 rings (SSSR count). The summed E-state index contributed by atoms with van der Waals surface area (Å²) in [7, 11) is 0. The molecule has 2 N–H and O–H groups in total. The van der Waals surface area contributed by atoms with Crippen molar-refractivity contribution in [3.8, 4) is 5.75 Å². The Balaban J connectivity index is 0.00000225. The first-order valence-corrected chi connectivity index (χ1v) is 9.74. The molecule has 2 unspecified atom stereocenters. The molecule has 1 heterocycles. The molecule has 1 aromatic heterocycles. The second kappa shape index (κ2) is 10.2. The Morgan fingerprint density at radius 3 is 2.72 bits per heavy atom. The summed E-state index contributed by atoms with van der Waals surface area (Å²) in [6.45, 7) is 2.92. The first-order valence-electron chi connectivity index (χ1n) is 8.86. The van der Waals surface area contributed by atoms with Crippen LogP contribution in [0.5, 0.6) is 5.75 Å². The maximum absolute atomic E-state index is 10.3. The molecule has 1 aliphatic rings. The summed E-state index contributed by atoms with van der Waals surface area (Å²) in [6, 6.07) is 12.6. The molecule has 0 radical (unpaired) electrons. The van der Waals surface area contributed by atoms with Crippen molar-refractivity contribution < 1.29 is 9.84 Å². The summed E-state index contributed by atoms with van der Waals surface area (Å²) in [5.74, 6) is 1.51. The number of aliphatic hydroxyl groups excluding tert-OH is 1. The number of hydrogen-bond donors (Lipinski definition) is 2. The maximum atomic E-state index is 10.3.